The standard InChI is InChI=1S/C16H18N6O3/c1-3-25-15(23)11-8(2)22(21-16(18)24)13(17)12(11)14-19-9-6-4-5-7-10(9)20-14/h4-7,12,17H,3H2,1-2H3,(H,19,20)(H3,18,21,24). The summed E-state index contributed by atoms with van der Waals surface area (Å²) in [6, 6.07) is 6.55. The molecule has 9 heteroatoms. The number of imidazole rings is 1. The second-order valence-corrected chi connectivity index (χ2v) is 5.49. The van der Waals surface area contributed by atoms with Crippen LogP contribution in [0.3, 0.4) is 0 Å². The molecule has 2 amide bonds. The van der Waals surface area contributed by atoms with Crippen LogP contribution in [0.2, 0.25) is 0 Å². The minimum atomic E-state index is -0.836. The Morgan fingerprint density at radius 3 is 2.80 bits per heavy atom. The highest BCUT2D eigenvalue weighted by molar-refractivity contribution is 6.06. The molecule has 130 valence electrons. The van der Waals surface area contributed by atoms with E-state index in [2.05, 4.69) is 15.4 Å². The number of aromatic amines is 1. The van der Waals surface area contributed by atoms with E-state index in [9.17, 15) is 9.59 Å². The van der Waals surface area contributed by atoms with E-state index in [0.29, 0.717) is 17.0 Å². The summed E-state index contributed by atoms with van der Waals surface area (Å²) in [6.45, 7) is 3.50. The monoisotopic (exact) mass is 342 g/mol. The number of hydrogen-bond acceptors (Lipinski definition) is 5. The molecule has 3 rings (SSSR count). The second kappa shape index (κ2) is 6.27. The third-order valence-corrected chi connectivity index (χ3v) is 3.93. The Bertz CT molecular complexity index is 867. The van der Waals surface area contributed by atoms with Crippen LogP contribution in [0.25, 0.3) is 11.0 Å². The SMILES string of the molecule is CCOC(=O)C1=C(C)N(NC(N)=O)C(=N)C1c1nc2ccccc2[nH]1. The van der Waals surface area contributed by atoms with Crippen molar-refractivity contribution in [1.29, 1.82) is 5.41 Å². The number of esters is 1. The van der Waals surface area contributed by atoms with Gasteiger partial charge in [0.05, 0.1) is 28.9 Å². The first kappa shape index (κ1) is 16.5. The lowest BCUT2D eigenvalue weighted by Crippen LogP contribution is -2.45. The molecule has 1 unspecified atom stereocenters. The fourth-order valence-corrected chi connectivity index (χ4v) is 2.88. The number of carbonyl (C=O) groups is 2. The third kappa shape index (κ3) is 2.80. The zero-order chi connectivity index (χ0) is 18.1. The molecule has 2 heterocycles. The van der Waals surface area contributed by atoms with Gasteiger partial charge in [0.25, 0.3) is 0 Å². The van der Waals surface area contributed by atoms with Crippen molar-refractivity contribution in [3.8, 4) is 0 Å². The minimum absolute atomic E-state index is 0.0431. The van der Waals surface area contributed by atoms with Gasteiger partial charge in [0.2, 0.25) is 0 Å². The highest BCUT2D eigenvalue weighted by Crippen LogP contribution is 2.36. The number of benzene rings is 1. The molecule has 0 spiro atoms. The summed E-state index contributed by atoms with van der Waals surface area (Å²) in [6.07, 6.45) is 0. The van der Waals surface area contributed by atoms with Crippen molar-refractivity contribution < 1.29 is 14.3 Å². The number of fused-ring (bicyclic) bond motifs is 1. The van der Waals surface area contributed by atoms with Crippen LogP contribution in [0.5, 0.6) is 0 Å². The molecule has 1 atom stereocenters. The van der Waals surface area contributed by atoms with Crippen LogP contribution in [-0.4, -0.2) is 39.4 Å². The first-order valence-corrected chi connectivity index (χ1v) is 7.71. The number of hydrazine groups is 1. The van der Waals surface area contributed by atoms with Crippen molar-refractivity contribution in [3.63, 3.8) is 0 Å². The van der Waals surface area contributed by atoms with Gasteiger partial charge in [-0.15, -0.1) is 0 Å². The van der Waals surface area contributed by atoms with Gasteiger partial charge >= 0.3 is 12.0 Å². The number of ether oxygens (including phenoxy) is 1. The summed E-state index contributed by atoms with van der Waals surface area (Å²) in [5, 5.41) is 9.57. The number of amides is 2. The van der Waals surface area contributed by atoms with Crippen LogP contribution in [0, 0.1) is 5.41 Å². The number of rotatable bonds is 4. The van der Waals surface area contributed by atoms with E-state index in [-0.39, 0.29) is 18.0 Å². The molecule has 0 aliphatic carbocycles. The first-order valence-electron chi connectivity index (χ1n) is 7.71. The van der Waals surface area contributed by atoms with Gasteiger partial charge in [0.1, 0.15) is 17.6 Å². The number of amidine groups is 1. The van der Waals surface area contributed by atoms with E-state index in [0.717, 1.165) is 5.52 Å². The van der Waals surface area contributed by atoms with Crippen molar-refractivity contribution >= 4 is 28.9 Å². The molecule has 1 aliphatic heterocycles. The number of para-hydroxylation sites is 2. The van der Waals surface area contributed by atoms with Crippen molar-refractivity contribution in [2.45, 2.75) is 19.8 Å². The van der Waals surface area contributed by atoms with E-state index < -0.39 is 17.9 Å². The van der Waals surface area contributed by atoms with E-state index in [1.54, 1.807) is 13.8 Å². The highest BCUT2D eigenvalue weighted by Gasteiger charge is 2.42. The lowest BCUT2D eigenvalue weighted by atomic mass is 9.99. The van der Waals surface area contributed by atoms with Crippen LogP contribution in [0.15, 0.2) is 35.5 Å². The van der Waals surface area contributed by atoms with Crippen molar-refractivity contribution in [1.82, 2.24) is 20.4 Å². The van der Waals surface area contributed by atoms with Crippen LogP contribution >= 0.6 is 0 Å². The molecule has 0 bridgehead atoms. The highest BCUT2D eigenvalue weighted by atomic mass is 16.5. The number of urea groups is 1. The topological polar surface area (TPSA) is 137 Å². The van der Waals surface area contributed by atoms with Gasteiger partial charge < -0.3 is 15.5 Å². The lowest BCUT2D eigenvalue weighted by molar-refractivity contribution is -0.138. The normalized spacial score (nSPS) is 17.3. The molecule has 25 heavy (non-hydrogen) atoms. The smallest absolute Gasteiger partial charge is 0.337 e. The molecule has 5 N–H and O–H groups in total. The van der Waals surface area contributed by atoms with E-state index in [1.165, 1.54) is 5.01 Å². The number of allylic oxidation sites excluding steroid dienone is 1. The number of nitrogens with zero attached hydrogens (tertiary/aromatic N) is 2. The molecule has 1 aromatic carbocycles. The van der Waals surface area contributed by atoms with Crippen LogP contribution in [0.4, 0.5) is 4.79 Å². The number of H-pyrrole nitrogens is 1. The first-order chi connectivity index (χ1) is 11.9. The van der Waals surface area contributed by atoms with Crippen molar-refractivity contribution in [3.05, 3.63) is 41.4 Å². The number of primary amides is 1. The molecular formula is C16H18N6O3. The van der Waals surface area contributed by atoms with Gasteiger partial charge in [-0.25, -0.2) is 25.0 Å². The maximum absolute atomic E-state index is 12.4. The van der Waals surface area contributed by atoms with Crippen molar-refractivity contribution in [2.24, 2.45) is 5.73 Å². The molecule has 0 saturated heterocycles. The van der Waals surface area contributed by atoms with Gasteiger partial charge in [-0.1, -0.05) is 12.1 Å². The number of aromatic nitrogens is 2. The van der Waals surface area contributed by atoms with Gasteiger partial charge in [0, 0.05) is 0 Å². The molecular weight excluding hydrogens is 324 g/mol. The predicted octanol–water partition coefficient (Wildman–Crippen LogP) is 1.36. The Labute approximate surface area is 143 Å². The molecule has 0 saturated carbocycles. The van der Waals surface area contributed by atoms with Gasteiger partial charge in [-0.3, -0.25) is 5.41 Å². The molecule has 9 nitrogen and oxygen atoms in total. The molecule has 0 radical (unpaired) electrons. The third-order valence-electron chi connectivity index (χ3n) is 3.93. The van der Waals surface area contributed by atoms with E-state index in [4.69, 9.17) is 15.9 Å². The average Bonchev–Trinajstić information content (AvgIpc) is 3.08. The fourth-order valence-electron chi connectivity index (χ4n) is 2.88. The zero-order valence-electron chi connectivity index (χ0n) is 13.8. The number of nitrogens with one attached hydrogen (secondary N) is 3. The molecule has 2 aromatic rings. The van der Waals surface area contributed by atoms with E-state index in [1.807, 2.05) is 24.3 Å². The summed E-state index contributed by atoms with van der Waals surface area (Å²) in [5.74, 6) is -0.983. The Morgan fingerprint density at radius 2 is 2.16 bits per heavy atom. The van der Waals surface area contributed by atoms with E-state index >= 15 is 0 Å². The average molecular weight is 342 g/mol. The predicted molar refractivity (Wildman–Crippen MR) is 90.5 cm³/mol. The van der Waals surface area contributed by atoms with Gasteiger partial charge in [-0.05, 0) is 26.0 Å². The maximum atomic E-state index is 12.4. The summed E-state index contributed by atoms with van der Waals surface area (Å²) < 4.78 is 5.12. The molecule has 0 fully saturated rings. The quantitative estimate of drug-likeness (QED) is 0.622. The Morgan fingerprint density at radius 1 is 1.44 bits per heavy atom. The van der Waals surface area contributed by atoms with Crippen LogP contribution in [0.1, 0.15) is 25.6 Å². The maximum Gasteiger partial charge on any atom is 0.337 e. The van der Waals surface area contributed by atoms with Crippen LogP contribution < -0.4 is 11.2 Å². The molecule has 1 aliphatic rings. The number of carbonyl (C=O) groups excluding carboxylic acids is 2. The van der Waals surface area contributed by atoms with Crippen LogP contribution in [-0.2, 0) is 9.53 Å². The minimum Gasteiger partial charge on any atom is -0.463 e. The largest absolute Gasteiger partial charge is 0.463 e. The Balaban J connectivity index is 2.09. The summed E-state index contributed by atoms with van der Waals surface area (Å²) in [4.78, 5) is 31.3. The fraction of sp³-hybridized carbons (Fsp3) is 0.250. The Hall–Kier alpha value is -3.36. The summed E-state index contributed by atoms with van der Waals surface area (Å²) >= 11 is 0. The second-order valence-electron chi connectivity index (χ2n) is 5.49. The summed E-state index contributed by atoms with van der Waals surface area (Å²) in [5.41, 5.74) is 9.62. The summed E-state index contributed by atoms with van der Waals surface area (Å²) in [7, 11) is 0. The zero-order valence-corrected chi connectivity index (χ0v) is 13.8. The van der Waals surface area contributed by atoms with Crippen molar-refractivity contribution in [2.75, 3.05) is 6.61 Å². The van der Waals surface area contributed by atoms with Gasteiger partial charge in [-0.2, -0.15) is 0 Å². The van der Waals surface area contributed by atoms with Gasteiger partial charge in [0.15, 0.2) is 0 Å². The number of nitrogens with two attached hydrogens (primary N) is 1. The number of hydrogen-bond donors (Lipinski definition) is 4. The lowest BCUT2D eigenvalue weighted by Gasteiger charge is -2.20. The Kier molecular flexibility index (Phi) is 4.14. The molecule has 1 aromatic heterocycles.